The molecule has 0 aliphatic heterocycles. The van der Waals surface area contributed by atoms with Crippen molar-refractivity contribution in [1.82, 2.24) is 4.90 Å². The molecule has 2 N–H and O–H groups in total. The highest BCUT2D eigenvalue weighted by molar-refractivity contribution is 5.89. The summed E-state index contributed by atoms with van der Waals surface area (Å²) in [5.74, 6) is -1.83. The lowest BCUT2D eigenvalue weighted by Gasteiger charge is -2.22. The number of rotatable bonds is 7. The summed E-state index contributed by atoms with van der Waals surface area (Å²) in [5.41, 5.74) is -0.296. The lowest BCUT2D eigenvalue weighted by Crippen LogP contribution is -2.39. The van der Waals surface area contributed by atoms with E-state index in [0.717, 1.165) is 17.0 Å². The van der Waals surface area contributed by atoms with Gasteiger partial charge >= 0.3 is 12.2 Å². The van der Waals surface area contributed by atoms with Crippen LogP contribution in [0.3, 0.4) is 0 Å². The number of aliphatic hydroxyl groups excluding tert-OH is 1. The molecule has 0 fully saturated rings. The maximum atomic E-state index is 13.4. The first-order valence-electron chi connectivity index (χ1n) is 6.49. The van der Waals surface area contributed by atoms with Gasteiger partial charge < -0.3 is 20.1 Å². The van der Waals surface area contributed by atoms with E-state index in [1.807, 2.05) is 0 Å². The Hall–Kier alpha value is -1.94. The summed E-state index contributed by atoms with van der Waals surface area (Å²) in [6.07, 6.45) is -4.48. The Morgan fingerprint density at radius 3 is 2.52 bits per heavy atom. The van der Waals surface area contributed by atoms with Crippen molar-refractivity contribution in [1.29, 1.82) is 0 Å². The van der Waals surface area contributed by atoms with Crippen molar-refractivity contribution in [3.05, 3.63) is 29.8 Å². The number of hydrogen-bond donors (Lipinski definition) is 2. The van der Waals surface area contributed by atoms with Crippen LogP contribution in [-0.4, -0.2) is 55.1 Å². The summed E-state index contributed by atoms with van der Waals surface area (Å²) < 4.78 is 66.3. The van der Waals surface area contributed by atoms with E-state index in [4.69, 9.17) is 5.11 Å². The van der Waals surface area contributed by atoms with E-state index >= 15 is 0 Å². The van der Waals surface area contributed by atoms with Gasteiger partial charge in [0.05, 0.1) is 18.9 Å². The minimum atomic E-state index is -4.48. The number of carbonyl (C=O) groups excluding carboxylic acids is 1. The zero-order valence-electron chi connectivity index (χ0n) is 11.9. The third-order valence-electron chi connectivity index (χ3n) is 2.60. The molecule has 130 valence electrons. The molecular formula is C13H15F5N2O3. The highest BCUT2D eigenvalue weighted by Crippen LogP contribution is 2.16. The quantitative estimate of drug-likeness (QED) is 0.591. The van der Waals surface area contributed by atoms with Crippen LogP contribution in [0.4, 0.5) is 32.4 Å². The Bertz CT molecular complexity index is 525. The SMILES string of the molecule is O=C(Nc1ccc(F)cc1F)N(CCO)CCOCC(F)(F)F. The standard InChI is InChI=1S/C13H15F5N2O3/c14-9-1-2-11(10(15)7-9)19-12(22)20(3-5-21)4-6-23-8-13(16,17)18/h1-2,7,21H,3-6,8H2,(H,19,22). The number of nitrogens with one attached hydrogen (secondary N) is 1. The molecule has 0 radical (unpaired) electrons. The van der Waals surface area contributed by atoms with Gasteiger partial charge in [0.25, 0.3) is 0 Å². The lowest BCUT2D eigenvalue weighted by atomic mass is 10.3. The summed E-state index contributed by atoms with van der Waals surface area (Å²) in [5, 5.41) is 11.0. The maximum absolute atomic E-state index is 13.4. The molecule has 23 heavy (non-hydrogen) atoms. The zero-order chi connectivity index (χ0) is 17.5. The Kier molecular flexibility index (Phi) is 7.17. The molecule has 1 aromatic rings. The molecule has 5 nitrogen and oxygen atoms in total. The Morgan fingerprint density at radius 2 is 1.96 bits per heavy atom. The van der Waals surface area contributed by atoms with Gasteiger partial charge in [0, 0.05) is 19.2 Å². The van der Waals surface area contributed by atoms with E-state index in [0.29, 0.717) is 6.07 Å². The fourth-order valence-electron chi connectivity index (χ4n) is 1.58. The van der Waals surface area contributed by atoms with Crippen LogP contribution in [0.1, 0.15) is 0 Å². The van der Waals surface area contributed by atoms with E-state index in [9.17, 15) is 26.7 Å². The number of ether oxygens (including phenoxy) is 1. The van der Waals surface area contributed by atoms with Crippen LogP contribution in [0.5, 0.6) is 0 Å². The summed E-state index contributed by atoms with van der Waals surface area (Å²) in [4.78, 5) is 12.8. The average molecular weight is 342 g/mol. The van der Waals surface area contributed by atoms with Crippen LogP contribution < -0.4 is 5.32 Å². The topological polar surface area (TPSA) is 61.8 Å². The molecule has 2 amide bonds. The second-order valence-electron chi connectivity index (χ2n) is 4.43. The number of nitrogens with zero attached hydrogens (tertiary/aromatic N) is 1. The number of carbonyl (C=O) groups is 1. The van der Waals surface area contributed by atoms with Crippen molar-refractivity contribution >= 4 is 11.7 Å². The molecule has 0 aromatic heterocycles. The van der Waals surface area contributed by atoms with E-state index < -0.39 is 43.7 Å². The summed E-state index contributed by atoms with van der Waals surface area (Å²) in [6.45, 7) is -2.76. The van der Waals surface area contributed by atoms with Crippen molar-refractivity contribution < 1.29 is 36.6 Å². The van der Waals surface area contributed by atoms with Gasteiger partial charge in [-0.3, -0.25) is 0 Å². The highest BCUT2D eigenvalue weighted by atomic mass is 19.4. The van der Waals surface area contributed by atoms with Crippen molar-refractivity contribution in [3.8, 4) is 0 Å². The molecule has 1 aromatic carbocycles. The number of aliphatic hydroxyl groups is 1. The van der Waals surface area contributed by atoms with Gasteiger partial charge in [-0.2, -0.15) is 13.2 Å². The van der Waals surface area contributed by atoms with Crippen LogP contribution in [0.15, 0.2) is 18.2 Å². The minimum Gasteiger partial charge on any atom is -0.395 e. The molecule has 0 saturated heterocycles. The van der Waals surface area contributed by atoms with Crippen LogP contribution in [-0.2, 0) is 4.74 Å². The average Bonchev–Trinajstić information content (AvgIpc) is 2.44. The van der Waals surface area contributed by atoms with Gasteiger partial charge in [-0.05, 0) is 12.1 Å². The van der Waals surface area contributed by atoms with Crippen LogP contribution in [0.2, 0.25) is 0 Å². The molecule has 0 spiro atoms. The normalized spacial score (nSPS) is 11.4. The lowest BCUT2D eigenvalue weighted by molar-refractivity contribution is -0.174. The van der Waals surface area contributed by atoms with Crippen molar-refractivity contribution in [2.75, 3.05) is 38.2 Å². The first kappa shape index (κ1) is 19.1. The Labute approximate surface area is 128 Å². The summed E-state index contributed by atoms with van der Waals surface area (Å²) >= 11 is 0. The van der Waals surface area contributed by atoms with Crippen LogP contribution in [0, 0.1) is 11.6 Å². The number of alkyl halides is 3. The Balaban J connectivity index is 2.56. The molecular weight excluding hydrogens is 327 g/mol. The minimum absolute atomic E-state index is 0.190. The maximum Gasteiger partial charge on any atom is 0.411 e. The van der Waals surface area contributed by atoms with E-state index in [2.05, 4.69) is 10.1 Å². The highest BCUT2D eigenvalue weighted by Gasteiger charge is 2.27. The van der Waals surface area contributed by atoms with Gasteiger partial charge in [0.15, 0.2) is 0 Å². The van der Waals surface area contributed by atoms with Crippen LogP contribution >= 0.6 is 0 Å². The third kappa shape index (κ3) is 7.24. The Morgan fingerprint density at radius 1 is 1.26 bits per heavy atom. The van der Waals surface area contributed by atoms with Gasteiger partial charge in [-0.15, -0.1) is 0 Å². The van der Waals surface area contributed by atoms with E-state index in [1.165, 1.54) is 0 Å². The number of benzene rings is 1. The van der Waals surface area contributed by atoms with Crippen molar-refractivity contribution in [2.45, 2.75) is 6.18 Å². The van der Waals surface area contributed by atoms with Gasteiger partial charge in [0.2, 0.25) is 0 Å². The first-order chi connectivity index (χ1) is 10.7. The molecule has 0 saturated carbocycles. The molecule has 0 aliphatic carbocycles. The monoisotopic (exact) mass is 342 g/mol. The van der Waals surface area contributed by atoms with Gasteiger partial charge in [-0.25, -0.2) is 13.6 Å². The predicted octanol–water partition coefficient (Wildman–Crippen LogP) is 2.37. The summed E-state index contributed by atoms with van der Waals surface area (Å²) in [6, 6.07) is 1.64. The zero-order valence-corrected chi connectivity index (χ0v) is 11.9. The smallest absolute Gasteiger partial charge is 0.395 e. The molecule has 1 rings (SSSR count). The van der Waals surface area contributed by atoms with E-state index in [1.54, 1.807) is 0 Å². The number of hydrogen-bond acceptors (Lipinski definition) is 3. The second kappa shape index (κ2) is 8.63. The third-order valence-corrected chi connectivity index (χ3v) is 2.60. The van der Waals surface area contributed by atoms with Crippen LogP contribution in [0.25, 0.3) is 0 Å². The molecule has 0 bridgehead atoms. The summed E-state index contributed by atoms with van der Waals surface area (Å²) in [7, 11) is 0. The fraction of sp³-hybridized carbons (Fsp3) is 0.462. The molecule has 0 unspecified atom stereocenters. The number of amides is 2. The molecule has 10 heteroatoms. The molecule has 0 aliphatic rings. The number of halogens is 5. The fourth-order valence-corrected chi connectivity index (χ4v) is 1.58. The van der Waals surface area contributed by atoms with Crippen molar-refractivity contribution in [3.63, 3.8) is 0 Å². The molecule has 0 atom stereocenters. The molecule has 0 heterocycles. The van der Waals surface area contributed by atoms with E-state index in [-0.39, 0.29) is 18.8 Å². The first-order valence-corrected chi connectivity index (χ1v) is 6.49. The van der Waals surface area contributed by atoms with Gasteiger partial charge in [0.1, 0.15) is 18.2 Å². The second-order valence-corrected chi connectivity index (χ2v) is 4.43. The van der Waals surface area contributed by atoms with Crippen molar-refractivity contribution in [2.24, 2.45) is 0 Å². The largest absolute Gasteiger partial charge is 0.411 e. The predicted molar refractivity (Wildman–Crippen MR) is 70.9 cm³/mol. The number of anilines is 1. The van der Waals surface area contributed by atoms with Gasteiger partial charge in [-0.1, -0.05) is 0 Å². The number of urea groups is 1.